The minimum absolute atomic E-state index is 0.00279. The molecule has 0 spiro atoms. The molecule has 0 fully saturated rings. The van der Waals surface area contributed by atoms with Gasteiger partial charge in [-0.25, -0.2) is 0 Å². The van der Waals surface area contributed by atoms with Crippen molar-refractivity contribution >= 4 is 46.3 Å². The summed E-state index contributed by atoms with van der Waals surface area (Å²) in [4.78, 5) is 27.6. The Kier molecular flexibility index (Phi) is 7.42. The van der Waals surface area contributed by atoms with E-state index in [9.17, 15) is 9.59 Å². The third-order valence-electron chi connectivity index (χ3n) is 4.98. The van der Waals surface area contributed by atoms with Crippen molar-refractivity contribution in [2.75, 3.05) is 18.5 Å². The third kappa shape index (κ3) is 5.29. The summed E-state index contributed by atoms with van der Waals surface area (Å²) in [5, 5.41) is 3.90. The van der Waals surface area contributed by atoms with Gasteiger partial charge in [-0.3, -0.25) is 14.5 Å². The minimum Gasteiger partial charge on any atom is -0.377 e. The van der Waals surface area contributed by atoms with Crippen LogP contribution in [0.3, 0.4) is 0 Å². The second kappa shape index (κ2) is 9.86. The van der Waals surface area contributed by atoms with E-state index < -0.39 is 11.8 Å². The van der Waals surface area contributed by atoms with Gasteiger partial charge in [0, 0.05) is 16.3 Å². The van der Waals surface area contributed by atoms with Crippen LogP contribution in [0.15, 0.2) is 48.2 Å². The van der Waals surface area contributed by atoms with Crippen molar-refractivity contribution in [2.24, 2.45) is 0 Å². The average Bonchev–Trinajstić information content (AvgIpc) is 2.93. The van der Waals surface area contributed by atoms with Gasteiger partial charge in [0.2, 0.25) is 0 Å². The van der Waals surface area contributed by atoms with E-state index in [-0.39, 0.29) is 30.5 Å². The number of anilines is 1. The maximum absolute atomic E-state index is 13.2. The molecule has 31 heavy (non-hydrogen) atoms. The van der Waals surface area contributed by atoms with Gasteiger partial charge in [0.15, 0.2) is 0 Å². The molecule has 1 aliphatic heterocycles. The summed E-state index contributed by atoms with van der Waals surface area (Å²) in [6.45, 7) is 8.44. The topological polar surface area (TPSA) is 58.6 Å². The highest BCUT2D eigenvalue weighted by atomic mass is 35.5. The van der Waals surface area contributed by atoms with Crippen LogP contribution < -0.4 is 5.32 Å². The predicted molar refractivity (Wildman–Crippen MR) is 125 cm³/mol. The van der Waals surface area contributed by atoms with Crippen molar-refractivity contribution in [1.29, 1.82) is 0 Å². The highest BCUT2D eigenvalue weighted by Gasteiger charge is 2.39. The van der Waals surface area contributed by atoms with Crippen LogP contribution in [0.25, 0.3) is 5.57 Å². The van der Waals surface area contributed by atoms with Crippen LogP contribution in [-0.4, -0.2) is 36.0 Å². The number of hydrogen-bond donors (Lipinski definition) is 1. The van der Waals surface area contributed by atoms with Crippen LogP contribution in [-0.2, 0) is 14.3 Å². The fraction of sp³-hybridized carbons (Fsp3) is 0.333. The molecule has 1 aliphatic rings. The molecule has 1 N–H and O–H groups in total. The van der Waals surface area contributed by atoms with Gasteiger partial charge in [-0.1, -0.05) is 55.2 Å². The van der Waals surface area contributed by atoms with Gasteiger partial charge in [0.25, 0.3) is 11.8 Å². The standard InChI is InChI=1S/C24H26Cl2N2O3/c1-14(2)16-5-8-18(9-6-16)27-22-21(19-10-7-17(25)13-20(19)26)23(29)28(24(22)30)11-12-31-15(3)4/h5-10,13-15,27H,11-12H2,1-4H3. The first-order valence-corrected chi connectivity index (χ1v) is 11.0. The van der Waals surface area contributed by atoms with Crippen molar-refractivity contribution in [3.63, 3.8) is 0 Å². The molecule has 2 amide bonds. The zero-order valence-electron chi connectivity index (χ0n) is 18.0. The van der Waals surface area contributed by atoms with Gasteiger partial charge < -0.3 is 10.1 Å². The second-order valence-electron chi connectivity index (χ2n) is 7.96. The van der Waals surface area contributed by atoms with Crippen molar-refractivity contribution in [3.05, 3.63) is 69.3 Å². The van der Waals surface area contributed by atoms with E-state index in [1.54, 1.807) is 18.2 Å². The zero-order valence-corrected chi connectivity index (χ0v) is 19.6. The fourth-order valence-corrected chi connectivity index (χ4v) is 3.82. The molecule has 0 saturated carbocycles. The molecule has 164 valence electrons. The molecule has 0 saturated heterocycles. The lowest BCUT2D eigenvalue weighted by Gasteiger charge is -2.16. The van der Waals surface area contributed by atoms with Crippen molar-refractivity contribution in [2.45, 2.75) is 39.7 Å². The highest BCUT2D eigenvalue weighted by Crippen LogP contribution is 2.35. The van der Waals surface area contributed by atoms with Crippen LogP contribution in [0, 0.1) is 0 Å². The van der Waals surface area contributed by atoms with E-state index in [2.05, 4.69) is 19.2 Å². The first-order valence-electron chi connectivity index (χ1n) is 10.2. The molecular formula is C24H26Cl2N2O3. The first-order chi connectivity index (χ1) is 14.7. The number of ether oxygens (including phenoxy) is 1. The van der Waals surface area contributed by atoms with Gasteiger partial charge in [-0.05, 0) is 49.6 Å². The number of carbonyl (C=O) groups excluding carboxylic acids is 2. The molecule has 0 aromatic heterocycles. The Morgan fingerprint density at radius 3 is 2.23 bits per heavy atom. The second-order valence-corrected chi connectivity index (χ2v) is 8.80. The molecule has 0 aliphatic carbocycles. The van der Waals surface area contributed by atoms with Crippen LogP contribution in [0.1, 0.15) is 44.7 Å². The molecular weight excluding hydrogens is 435 g/mol. The van der Waals surface area contributed by atoms with Gasteiger partial charge in [-0.15, -0.1) is 0 Å². The normalized spacial score (nSPS) is 14.4. The number of carbonyl (C=O) groups is 2. The van der Waals surface area contributed by atoms with Gasteiger partial charge in [-0.2, -0.15) is 0 Å². The van der Waals surface area contributed by atoms with Gasteiger partial charge in [0.1, 0.15) is 5.70 Å². The van der Waals surface area contributed by atoms with E-state index in [0.717, 1.165) is 0 Å². The zero-order chi connectivity index (χ0) is 22.7. The van der Waals surface area contributed by atoms with E-state index in [4.69, 9.17) is 27.9 Å². The molecule has 7 heteroatoms. The summed E-state index contributed by atoms with van der Waals surface area (Å²) in [6.07, 6.45) is 0.00279. The molecule has 5 nitrogen and oxygen atoms in total. The van der Waals surface area contributed by atoms with Crippen molar-refractivity contribution < 1.29 is 14.3 Å². The molecule has 0 unspecified atom stereocenters. The lowest BCUT2D eigenvalue weighted by Crippen LogP contribution is -2.35. The van der Waals surface area contributed by atoms with Crippen molar-refractivity contribution in [1.82, 2.24) is 4.90 Å². The number of hydrogen-bond acceptors (Lipinski definition) is 4. The Morgan fingerprint density at radius 2 is 1.65 bits per heavy atom. The Balaban J connectivity index is 1.98. The van der Waals surface area contributed by atoms with E-state index >= 15 is 0 Å². The number of imide groups is 1. The SMILES string of the molecule is CC(C)OCCN1C(=O)C(Nc2ccc(C(C)C)cc2)=C(c2ccc(Cl)cc2Cl)C1=O. The number of rotatable bonds is 8. The maximum atomic E-state index is 13.2. The molecule has 0 bridgehead atoms. The summed E-state index contributed by atoms with van der Waals surface area (Å²) in [5.41, 5.74) is 2.77. The summed E-state index contributed by atoms with van der Waals surface area (Å²) >= 11 is 12.4. The first kappa shape index (κ1) is 23.3. The van der Waals surface area contributed by atoms with E-state index in [1.165, 1.54) is 10.5 Å². The van der Waals surface area contributed by atoms with Crippen LogP contribution in [0.5, 0.6) is 0 Å². The maximum Gasteiger partial charge on any atom is 0.278 e. The summed E-state index contributed by atoms with van der Waals surface area (Å²) in [6, 6.07) is 12.6. The third-order valence-corrected chi connectivity index (χ3v) is 5.53. The molecule has 2 aromatic carbocycles. The Hall–Kier alpha value is -2.34. The number of benzene rings is 2. The molecule has 3 rings (SSSR count). The number of amides is 2. The Labute approximate surface area is 193 Å². The molecule has 2 aromatic rings. The number of nitrogens with one attached hydrogen (secondary N) is 1. The lowest BCUT2D eigenvalue weighted by molar-refractivity contribution is -0.137. The number of nitrogens with zero attached hydrogens (tertiary/aromatic N) is 1. The van der Waals surface area contributed by atoms with E-state index in [0.29, 0.717) is 27.2 Å². The van der Waals surface area contributed by atoms with E-state index in [1.807, 2.05) is 38.1 Å². The summed E-state index contributed by atoms with van der Waals surface area (Å²) < 4.78 is 5.54. The predicted octanol–water partition coefficient (Wildman–Crippen LogP) is 5.73. The molecule has 0 atom stereocenters. The summed E-state index contributed by atoms with van der Waals surface area (Å²) in [7, 11) is 0. The monoisotopic (exact) mass is 460 g/mol. The lowest BCUT2D eigenvalue weighted by atomic mass is 10.0. The fourth-order valence-electron chi connectivity index (χ4n) is 3.31. The van der Waals surface area contributed by atoms with Crippen molar-refractivity contribution in [3.8, 4) is 0 Å². The van der Waals surface area contributed by atoms with Crippen LogP contribution in [0.4, 0.5) is 5.69 Å². The largest absolute Gasteiger partial charge is 0.377 e. The van der Waals surface area contributed by atoms with Crippen LogP contribution >= 0.6 is 23.2 Å². The smallest absolute Gasteiger partial charge is 0.278 e. The Bertz CT molecular complexity index is 1010. The Morgan fingerprint density at radius 1 is 0.968 bits per heavy atom. The molecule has 1 heterocycles. The summed E-state index contributed by atoms with van der Waals surface area (Å²) in [5.74, 6) is -0.433. The minimum atomic E-state index is -0.414. The van der Waals surface area contributed by atoms with Gasteiger partial charge in [0.05, 0.1) is 29.9 Å². The van der Waals surface area contributed by atoms with Gasteiger partial charge >= 0.3 is 0 Å². The highest BCUT2D eigenvalue weighted by molar-refractivity contribution is 6.41. The molecule has 0 radical (unpaired) electrons. The van der Waals surface area contributed by atoms with Crippen LogP contribution in [0.2, 0.25) is 10.0 Å². The average molecular weight is 461 g/mol. The quantitative estimate of drug-likeness (QED) is 0.510. The number of halogens is 2.